The van der Waals surface area contributed by atoms with Gasteiger partial charge in [0.05, 0.1) is 6.04 Å². The van der Waals surface area contributed by atoms with Gasteiger partial charge in [0.25, 0.3) is 5.89 Å². The van der Waals surface area contributed by atoms with Gasteiger partial charge in [-0.3, -0.25) is 0 Å². The number of halogens is 1. The molecule has 0 radical (unpaired) electrons. The molecule has 5 heteroatoms. The molecule has 1 aliphatic carbocycles. The van der Waals surface area contributed by atoms with Crippen LogP contribution in [0.5, 0.6) is 0 Å². The van der Waals surface area contributed by atoms with Crippen LogP contribution in [0, 0.1) is 0 Å². The lowest BCUT2D eigenvalue weighted by molar-refractivity contribution is 0.398. The molecule has 0 aromatic carbocycles. The third kappa shape index (κ3) is 2.33. The van der Waals surface area contributed by atoms with Crippen molar-refractivity contribution in [1.82, 2.24) is 10.1 Å². The Hall–Kier alpha value is -0.870. The summed E-state index contributed by atoms with van der Waals surface area (Å²) in [6.45, 7) is 1.84. The van der Waals surface area contributed by atoms with Crippen LogP contribution in [0.3, 0.4) is 0 Å². The number of allylic oxidation sites excluding steroid dienone is 1. The largest absolute Gasteiger partial charge is 0.335 e. The number of aromatic nitrogens is 2. The Morgan fingerprint density at radius 3 is 2.64 bits per heavy atom. The molecule has 0 aliphatic heterocycles. The van der Waals surface area contributed by atoms with Crippen LogP contribution in [0.25, 0.3) is 6.08 Å². The van der Waals surface area contributed by atoms with E-state index < -0.39 is 0 Å². The zero-order valence-corrected chi connectivity index (χ0v) is 8.88. The molecule has 1 aliphatic rings. The minimum absolute atomic E-state index is 0. The fourth-order valence-electron chi connectivity index (χ4n) is 1.19. The van der Waals surface area contributed by atoms with Crippen molar-refractivity contribution in [2.75, 3.05) is 0 Å². The predicted molar refractivity (Wildman–Crippen MR) is 56.0 cm³/mol. The standard InChI is InChI=1S/C9H13N3O.ClH/c1-6(10)9-11-8(13-12-9)5-7-3-2-4-7;/h5-6H,2-4,10H2,1H3;1H. The van der Waals surface area contributed by atoms with Gasteiger partial charge in [0.2, 0.25) is 0 Å². The Morgan fingerprint density at radius 1 is 1.50 bits per heavy atom. The molecule has 0 spiro atoms. The van der Waals surface area contributed by atoms with E-state index in [1.165, 1.54) is 12.0 Å². The highest BCUT2D eigenvalue weighted by molar-refractivity contribution is 5.85. The van der Waals surface area contributed by atoms with Gasteiger partial charge in [-0.2, -0.15) is 4.98 Å². The Morgan fingerprint density at radius 2 is 2.21 bits per heavy atom. The minimum atomic E-state index is -0.155. The summed E-state index contributed by atoms with van der Waals surface area (Å²) in [4.78, 5) is 4.15. The van der Waals surface area contributed by atoms with Crippen LogP contribution in [0.15, 0.2) is 10.1 Å². The van der Waals surface area contributed by atoms with Gasteiger partial charge in [0.1, 0.15) is 0 Å². The fraction of sp³-hybridized carbons (Fsp3) is 0.556. The van der Waals surface area contributed by atoms with Gasteiger partial charge in [0.15, 0.2) is 5.82 Å². The Labute approximate surface area is 89.0 Å². The maximum absolute atomic E-state index is 5.60. The number of rotatable bonds is 2. The number of nitrogens with two attached hydrogens (primary N) is 1. The molecule has 0 saturated heterocycles. The highest BCUT2D eigenvalue weighted by atomic mass is 35.5. The number of hydrogen-bond acceptors (Lipinski definition) is 4. The average Bonchev–Trinajstić information content (AvgIpc) is 2.44. The molecule has 0 bridgehead atoms. The summed E-state index contributed by atoms with van der Waals surface area (Å²) in [6.07, 6.45) is 5.56. The molecule has 4 nitrogen and oxygen atoms in total. The van der Waals surface area contributed by atoms with Crippen LogP contribution in [-0.4, -0.2) is 10.1 Å². The summed E-state index contributed by atoms with van der Waals surface area (Å²) in [5.41, 5.74) is 6.99. The molecule has 1 heterocycles. The van der Waals surface area contributed by atoms with E-state index in [4.69, 9.17) is 10.3 Å². The second-order valence-electron chi connectivity index (χ2n) is 3.44. The molecule has 2 N–H and O–H groups in total. The lowest BCUT2D eigenvalue weighted by Gasteiger charge is -2.14. The van der Waals surface area contributed by atoms with Crippen molar-refractivity contribution in [2.45, 2.75) is 32.2 Å². The predicted octanol–water partition coefficient (Wildman–Crippen LogP) is 2.08. The molecule has 0 amide bonds. The van der Waals surface area contributed by atoms with Crippen molar-refractivity contribution in [1.29, 1.82) is 0 Å². The van der Waals surface area contributed by atoms with E-state index in [0.717, 1.165) is 12.8 Å². The number of hydrogen-bond donors (Lipinski definition) is 1. The first-order valence-corrected chi connectivity index (χ1v) is 4.54. The average molecular weight is 216 g/mol. The van der Waals surface area contributed by atoms with Crippen LogP contribution in [0.4, 0.5) is 0 Å². The summed E-state index contributed by atoms with van der Waals surface area (Å²) in [5.74, 6) is 1.16. The van der Waals surface area contributed by atoms with Gasteiger partial charge in [-0.1, -0.05) is 10.7 Å². The normalized spacial score (nSPS) is 16.9. The molecule has 1 aromatic heterocycles. The topological polar surface area (TPSA) is 64.9 Å². The molecular weight excluding hydrogens is 202 g/mol. The summed E-state index contributed by atoms with van der Waals surface area (Å²) in [7, 11) is 0. The molecule has 14 heavy (non-hydrogen) atoms. The van der Waals surface area contributed by atoms with Gasteiger partial charge >= 0.3 is 0 Å². The van der Waals surface area contributed by atoms with E-state index in [1.54, 1.807) is 0 Å². The minimum Gasteiger partial charge on any atom is -0.335 e. The molecule has 2 rings (SSSR count). The Kier molecular flexibility index (Phi) is 3.66. The fourth-order valence-corrected chi connectivity index (χ4v) is 1.19. The van der Waals surface area contributed by atoms with Crippen LogP contribution >= 0.6 is 12.4 Å². The molecule has 1 saturated carbocycles. The van der Waals surface area contributed by atoms with Crippen molar-refractivity contribution in [2.24, 2.45) is 5.73 Å². The van der Waals surface area contributed by atoms with Crippen molar-refractivity contribution in [3.8, 4) is 0 Å². The van der Waals surface area contributed by atoms with Crippen LogP contribution in [0.1, 0.15) is 43.9 Å². The highest BCUT2D eigenvalue weighted by Gasteiger charge is 2.12. The first-order chi connectivity index (χ1) is 6.25. The molecule has 78 valence electrons. The van der Waals surface area contributed by atoms with Crippen molar-refractivity contribution in [3.63, 3.8) is 0 Å². The van der Waals surface area contributed by atoms with E-state index in [0.29, 0.717) is 11.7 Å². The summed E-state index contributed by atoms with van der Waals surface area (Å²) >= 11 is 0. The lowest BCUT2D eigenvalue weighted by atomic mass is 9.92. The Balaban J connectivity index is 0.000000980. The van der Waals surface area contributed by atoms with Gasteiger partial charge in [-0.05, 0) is 26.2 Å². The first-order valence-electron chi connectivity index (χ1n) is 4.54. The first kappa shape index (κ1) is 11.2. The van der Waals surface area contributed by atoms with Gasteiger partial charge in [-0.25, -0.2) is 0 Å². The zero-order chi connectivity index (χ0) is 9.26. The second kappa shape index (κ2) is 4.57. The number of nitrogens with zero attached hydrogens (tertiary/aromatic N) is 2. The van der Waals surface area contributed by atoms with Gasteiger partial charge in [-0.15, -0.1) is 12.4 Å². The molecule has 1 unspecified atom stereocenters. The lowest BCUT2D eigenvalue weighted by Crippen LogP contribution is -2.06. The second-order valence-corrected chi connectivity index (χ2v) is 3.44. The quantitative estimate of drug-likeness (QED) is 0.821. The molecule has 1 aromatic rings. The maximum Gasteiger partial charge on any atom is 0.250 e. The van der Waals surface area contributed by atoms with Crippen molar-refractivity contribution >= 4 is 18.5 Å². The third-order valence-corrected chi connectivity index (χ3v) is 2.19. The van der Waals surface area contributed by atoms with E-state index >= 15 is 0 Å². The molecular formula is C9H14ClN3O. The monoisotopic (exact) mass is 215 g/mol. The smallest absolute Gasteiger partial charge is 0.250 e. The zero-order valence-electron chi connectivity index (χ0n) is 8.06. The van der Waals surface area contributed by atoms with Crippen molar-refractivity contribution in [3.05, 3.63) is 17.3 Å². The van der Waals surface area contributed by atoms with E-state index in [-0.39, 0.29) is 18.4 Å². The molecule has 1 atom stereocenters. The van der Waals surface area contributed by atoms with E-state index in [1.807, 2.05) is 13.0 Å². The summed E-state index contributed by atoms with van der Waals surface area (Å²) in [5, 5.41) is 3.77. The highest BCUT2D eigenvalue weighted by Crippen LogP contribution is 2.27. The SMILES string of the molecule is CC(N)c1noc(C=C2CCC2)n1.Cl. The molecule has 1 fully saturated rings. The van der Waals surface area contributed by atoms with Gasteiger partial charge < -0.3 is 10.3 Å². The Bertz CT molecular complexity index is 327. The van der Waals surface area contributed by atoms with Crippen LogP contribution < -0.4 is 5.73 Å². The summed E-state index contributed by atoms with van der Waals surface area (Å²) in [6, 6.07) is -0.155. The maximum atomic E-state index is 5.60. The van der Waals surface area contributed by atoms with Crippen LogP contribution in [0.2, 0.25) is 0 Å². The summed E-state index contributed by atoms with van der Waals surface area (Å²) < 4.78 is 5.01. The van der Waals surface area contributed by atoms with E-state index in [9.17, 15) is 0 Å². The van der Waals surface area contributed by atoms with E-state index in [2.05, 4.69) is 10.1 Å². The van der Waals surface area contributed by atoms with Gasteiger partial charge in [0, 0.05) is 6.08 Å². The van der Waals surface area contributed by atoms with Crippen LogP contribution in [-0.2, 0) is 0 Å². The third-order valence-electron chi connectivity index (χ3n) is 2.19. The van der Waals surface area contributed by atoms with Crippen molar-refractivity contribution < 1.29 is 4.52 Å².